The number of ether oxygens (including phenoxy) is 1. The van der Waals surface area contributed by atoms with E-state index in [2.05, 4.69) is 11.9 Å². The van der Waals surface area contributed by atoms with E-state index in [1.165, 1.54) is 0 Å². The summed E-state index contributed by atoms with van der Waals surface area (Å²) in [5, 5.41) is 4.90. The first-order valence-corrected chi connectivity index (χ1v) is 10.3. The maximum absolute atomic E-state index is 12.6. The highest BCUT2D eigenvalue weighted by atomic mass is 16.5. The molecule has 2 aromatic carbocycles. The number of carbonyl (C=O) groups is 3. The van der Waals surface area contributed by atoms with Gasteiger partial charge in [0.15, 0.2) is 0 Å². The van der Waals surface area contributed by atoms with E-state index in [0.29, 0.717) is 24.8 Å². The third kappa shape index (κ3) is 6.02. The van der Waals surface area contributed by atoms with Crippen LogP contribution in [-0.4, -0.2) is 24.3 Å². The number of benzene rings is 2. The minimum Gasteiger partial charge on any atom is -0.462 e. The van der Waals surface area contributed by atoms with Gasteiger partial charge in [-0.05, 0) is 36.8 Å². The Morgan fingerprint density at radius 1 is 1.07 bits per heavy atom. The molecule has 0 aliphatic heterocycles. The molecule has 0 saturated heterocycles. The molecule has 30 heavy (non-hydrogen) atoms. The summed E-state index contributed by atoms with van der Waals surface area (Å²) in [6.07, 6.45) is 1.85. The van der Waals surface area contributed by atoms with Crippen LogP contribution in [0, 0.1) is 5.41 Å². The molecule has 160 valence electrons. The van der Waals surface area contributed by atoms with Crippen molar-refractivity contribution in [3.05, 3.63) is 54.1 Å². The first kappa shape index (κ1) is 23.3. The molecule has 2 rings (SSSR count). The Hall–Kier alpha value is -2.95. The largest absolute Gasteiger partial charge is 0.462 e. The van der Waals surface area contributed by atoms with E-state index in [1.807, 2.05) is 57.2 Å². The topological polar surface area (TPSA) is 72.5 Å². The Balaban J connectivity index is 2.09. The summed E-state index contributed by atoms with van der Waals surface area (Å²) in [6, 6.07) is 11.5. The standard InChI is InChI=1S/C25H31NO4/c1-6-25(4,5)24(29)26-22-14-13-18(20-11-7-8-12-21(20)22)16-19(27)10-9-15-30-23(28)17(2)3/h7-8,11-14H,2,6,9-10,15-16H2,1,3-5H3,(H,26,29). The van der Waals surface area contributed by atoms with Gasteiger partial charge >= 0.3 is 5.97 Å². The zero-order chi connectivity index (χ0) is 22.3. The summed E-state index contributed by atoms with van der Waals surface area (Å²) in [5.74, 6) is -0.379. The maximum atomic E-state index is 12.6. The average molecular weight is 410 g/mol. The SMILES string of the molecule is C=C(C)C(=O)OCCCC(=O)Cc1ccc(NC(=O)C(C)(C)CC)c2ccccc12. The van der Waals surface area contributed by atoms with E-state index >= 15 is 0 Å². The molecule has 5 heteroatoms. The average Bonchev–Trinajstić information content (AvgIpc) is 2.72. The number of rotatable bonds is 10. The van der Waals surface area contributed by atoms with Crippen molar-refractivity contribution in [3.8, 4) is 0 Å². The summed E-state index contributed by atoms with van der Waals surface area (Å²) in [4.78, 5) is 36.4. The lowest BCUT2D eigenvalue weighted by atomic mass is 9.89. The predicted molar refractivity (Wildman–Crippen MR) is 120 cm³/mol. The Bertz CT molecular complexity index is 959. The van der Waals surface area contributed by atoms with E-state index in [4.69, 9.17) is 4.74 Å². The van der Waals surface area contributed by atoms with Gasteiger partial charge in [-0.15, -0.1) is 0 Å². The van der Waals surface area contributed by atoms with Gasteiger partial charge in [0.2, 0.25) is 5.91 Å². The Morgan fingerprint density at radius 3 is 2.37 bits per heavy atom. The van der Waals surface area contributed by atoms with Crippen molar-refractivity contribution < 1.29 is 19.1 Å². The third-order valence-corrected chi connectivity index (χ3v) is 5.33. The van der Waals surface area contributed by atoms with Gasteiger partial charge in [0.1, 0.15) is 5.78 Å². The summed E-state index contributed by atoms with van der Waals surface area (Å²) >= 11 is 0. The number of esters is 1. The maximum Gasteiger partial charge on any atom is 0.333 e. The molecule has 0 aromatic heterocycles. The van der Waals surface area contributed by atoms with E-state index < -0.39 is 11.4 Å². The smallest absolute Gasteiger partial charge is 0.333 e. The molecule has 0 radical (unpaired) electrons. The number of nitrogens with one attached hydrogen (secondary N) is 1. The lowest BCUT2D eigenvalue weighted by Gasteiger charge is -2.22. The summed E-state index contributed by atoms with van der Waals surface area (Å²) in [6.45, 7) is 11.2. The van der Waals surface area contributed by atoms with Crippen LogP contribution >= 0.6 is 0 Å². The Morgan fingerprint density at radius 2 is 1.73 bits per heavy atom. The molecular formula is C25H31NO4. The molecule has 1 N–H and O–H groups in total. The van der Waals surface area contributed by atoms with Crippen LogP contribution in [-0.2, 0) is 25.5 Å². The van der Waals surface area contributed by atoms with Crippen molar-refractivity contribution in [1.82, 2.24) is 0 Å². The molecule has 0 unspecified atom stereocenters. The van der Waals surface area contributed by atoms with Gasteiger partial charge in [-0.3, -0.25) is 9.59 Å². The zero-order valence-corrected chi connectivity index (χ0v) is 18.3. The predicted octanol–water partition coefficient (Wildman–Crippen LogP) is 5.23. The molecule has 0 fully saturated rings. The molecule has 0 saturated carbocycles. The minimum atomic E-state index is -0.455. The molecule has 0 aliphatic carbocycles. The summed E-state index contributed by atoms with van der Waals surface area (Å²) in [7, 11) is 0. The lowest BCUT2D eigenvalue weighted by Crippen LogP contribution is -2.30. The molecule has 5 nitrogen and oxygen atoms in total. The quantitative estimate of drug-likeness (QED) is 0.331. The van der Waals surface area contributed by atoms with Crippen LogP contribution in [0.15, 0.2) is 48.6 Å². The van der Waals surface area contributed by atoms with Gasteiger partial charge < -0.3 is 10.1 Å². The molecule has 0 aliphatic rings. The highest BCUT2D eigenvalue weighted by molar-refractivity contribution is 6.05. The number of amides is 1. The van der Waals surface area contributed by atoms with Gasteiger partial charge in [0, 0.05) is 34.9 Å². The summed E-state index contributed by atoms with van der Waals surface area (Å²) in [5.41, 5.74) is 1.56. The van der Waals surface area contributed by atoms with Gasteiger partial charge in [-0.1, -0.05) is 57.7 Å². The van der Waals surface area contributed by atoms with Crippen molar-refractivity contribution in [3.63, 3.8) is 0 Å². The molecule has 2 aromatic rings. The lowest BCUT2D eigenvalue weighted by molar-refractivity contribution is -0.139. The zero-order valence-electron chi connectivity index (χ0n) is 18.3. The van der Waals surface area contributed by atoms with Crippen molar-refractivity contribution in [2.45, 2.75) is 53.4 Å². The normalized spacial score (nSPS) is 11.2. The Kier molecular flexibility index (Phi) is 7.93. The van der Waals surface area contributed by atoms with Gasteiger partial charge in [-0.25, -0.2) is 4.79 Å². The monoisotopic (exact) mass is 409 g/mol. The van der Waals surface area contributed by atoms with Crippen LogP contribution < -0.4 is 5.32 Å². The number of anilines is 1. The number of ketones is 1. The van der Waals surface area contributed by atoms with E-state index in [1.54, 1.807) is 6.92 Å². The van der Waals surface area contributed by atoms with Crippen LogP contribution in [0.1, 0.15) is 52.5 Å². The van der Waals surface area contributed by atoms with Crippen LogP contribution in [0.25, 0.3) is 10.8 Å². The fraction of sp³-hybridized carbons (Fsp3) is 0.400. The van der Waals surface area contributed by atoms with Gasteiger partial charge in [0.25, 0.3) is 0 Å². The Labute approximate surface area is 178 Å². The molecule has 0 heterocycles. The van der Waals surface area contributed by atoms with E-state index in [-0.39, 0.29) is 18.3 Å². The van der Waals surface area contributed by atoms with Crippen molar-refractivity contribution >= 4 is 34.1 Å². The number of carbonyl (C=O) groups excluding carboxylic acids is 3. The van der Waals surface area contributed by atoms with E-state index in [0.717, 1.165) is 28.4 Å². The van der Waals surface area contributed by atoms with Crippen molar-refractivity contribution in [2.75, 3.05) is 11.9 Å². The summed E-state index contributed by atoms with van der Waals surface area (Å²) < 4.78 is 5.03. The molecular weight excluding hydrogens is 378 g/mol. The van der Waals surface area contributed by atoms with Gasteiger partial charge in [0.05, 0.1) is 6.61 Å². The fourth-order valence-corrected chi connectivity index (χ4v) is 2.93. The number of hydrogen-bond acceptors (Lipinski definition) is 4. The van der Waals surface area contributed by atoms with Crippen LogP contribution in [0.4, 0.5) is 5.69 Å². The number of hydrogen-bond donors (Lipinski definition) is 1. The molecule has 0 spiro atoms. The first-order chi connectivity index (χ1) is 14.2. The van der Waals surface area contributed by atoms with E-state index in [9.17, 15) is 14.4 Å². The van der Waals surface area contributed by atoms with Crippen LogP contribution in [0.3, 0.4) is 0 Å². The van der Waals surface area contributed by atoms with Crippen molar-refractivity contribution in [1.29, 1.82) is 0 Å². The third-order valence-electron chi connectivity index (χ3n) is 5.33. The first-order valence-electron chi connectivity index (χ1n) is 10.3. The molecule has 0 atom stereocenters. The second-order valence-corrected chi connectivity index (χ2v) is 8.24. The van der Waals surface area contributed by atoms with Crippen molar-refractivity contribution in [2.24, 2.45) is 5.41 Å². The highest BCUT2D eigenvalue weighted by Gasteiger charge is 2.25. The fourth-order valence-electron chi connectivity index (χ4n) is 2.93. The second kappa shape index (κ2) is 10.2. The molecule has 1 amide bonds. The number of fused-ring (bicyclic) bond motifs is 1. The second-order valence-electron chi connectivity index (χ2n) is 8.24. The van der Waals surface area contributed by atoms with Crippen LogP contribution in [0.2, 0.25) is 0 Å². The minimum absolute atomic E-state index is 0.0247. The highest BCUT2D eigenvalue weighted by Crippen LogP contribution is 2.30. The van der Waals surface area contributed by atoms with Crippen LogP contribution in [0.5, 0.6) is 0 Å². The van der Waals surface area contributed by atoms with Gasteiger partial charge in [-0.2, -0.15) is 0 Å². The molecule has 0 bridgehead atoms. The number of Topliss-reactive ketones (excluding diaryl/α,β-unsaturated/α-hetero) is 1.